The van der Waals surface area contributed by atoms with E-state index in [0.717, 1.165) is 17.7 Å². The summed E-state index contributed by atoms with van der Waals surface area (Å²) in [7, 11) is 0. The number of ether oxygens (including phenoxy) is 1. The van der Waals surface area contributed by atoms with Gasteiger partial charge in [0.1, 0.15) is 16.7 Å². The number of rotatable bonds is 7. The fraction of sp³-hybridized carbons (Fsp3) is 0.143. The van der Waals surface area contributed by atoms with E-state index in [1.807, 2.05) is 48.5 Å². The second-order valence-corrected chi connectivity index (χ2v) is 7.41. The number of hydrogen-bond donors (Lipinski definition) is 0. The molecule has 2 aromatic carbocycles. The normalized spacial score (nSPS) is 15.5. The Hall–Kier alpha value is -2.37. The molecule has 1 saturated heterocycles. The Morgan fingerprint density at radius 1 is 1.12 bits per heavy atom. The van der Waals surface area contributed by atoms with Crippen LogP contribution in [0.3, 0.4) is 0 Å². The Labute approximate surface area is 163 Å². The second-order valence-electron chi connectivity index (χ2n) is 5.74. The molecule has 0 aliphatic carbocycles. The maximum Gasteiger partial charge on any atom is 0.266 e. The molecule has 26 heavy (non-hydrogen) atoms. The third kappa shape index (κ3) is 4.62. The molecule has 0 bridgehead atoms. The molecule has 0 spiro atoms. The highest BCUT2D eigenvalue weighted by molar-refractivity contribution is 8.26. The van der Waals surface area contributed by atoms with Gasteiger partial charge in [0, 0.05) is 6.54 Å². The molecule has 132 valence electrons. The Morgan fingerprint density at radius 2 is 1.85 bits per heavy atom. The second kappa shape index (κ2) is 8.83. The van der Waals surface area contributed by atoms with Crippen molar-refractivity contribution in [2.45, 2.75) is 6.42 Å². The van der Waals surface area contributed by atoms with Crippen LogP contribution in [0.25, 0.3) is 6.08 Å². The maximum absolute atomic E-state index is 12.7. The fourth-order valence-electron chi connectivity index (χ4n) is 2.55. The zero-order valence-corrected chi connectivity index (χ0v) is 15.9. The predicted octanol–water partition coefficient (Wildman–Crippen LogP) is 4.70. The van der Waals surface area contributed by atoms with Gasteiger partial charge in [-0.3, -0.25) is 9.69 Å². The standard InChI is InChI=1S/C21H19NO2S2/c1-2-14-24-18-10-8-17(9-11-18)15-19-20(23)22(21(25)26-19)13-12-16-6-4-3-5-7-16/h2-11,15H,1,12-14H2. The van der Waals surface area contributed by atoms with Crippen molar-refractivity contribution in [1.29, 1.82) is 0 Å². The number of benzene rings is 2. The molecule has 0 aromatic heterocycles. The lowest BCUT2D eigenvalue weighted by Crippen LogP contribution is -2.30. The van der Waals surface area contributed by atoms with E-state index < -0.39 is 0 Å². The molecule has 1 fully saturated rings. The lowest BCUT2D eigenvalue weighted by Gasteiger charge is -2.14. The van der Waals surface area contributed by atoms with Crippen molar-refractivity contribution in [3.05, 3.63) is 83.3 Å². The SMILES string of the molecule is C=CCOc1ccc(C=C2SC(=S)N(CCc3ccccc3)C2=O)cc1. The first-order chi connectivity index (χ1) is 12.7. The summed E-state index contributed by atoms with van der Waals surface area (Å²) < 4.78 is 6.08. The van der Waals surface area contributed by atoms with E-state index in [0.29, 0.717) is 22.4 Å². The van der Waals surface area contributed by atoms with Crippen LogP contribution in [0.2, 0.25) is 0 Å². The van der Waals surface area contributed by atoms with E-state index in [2.05, 4.69) is 18.7 Å². The van der Waals surface area contributed by atoms with Crippen molar-refractivity contribution in [2.75, 3.05) is 13.2 Å². The molecule has 0 atom stereocenters. The van der Waals surface area contributed by atoms with E-state index in [9.17, 15) is 4.79 Å². The number of hydrogen-bond acceptors (Lipinski definition) is 4. The third-order valence-electron chi connectivity index (χ3n) is 3.89. The topological polar surface area (TPSA) is 29.5 Å². The van der Waals surface area contributed by atoms with E-state index in [1.54, 1.807) is 11.0 Å². The summed E-state index contributed by atoms with van der Waals surface area (Å²) >= 11 is 6.75. The Balaban J connectivity index is 1.65. The summed E-state index contributed by atoms with van der Waals surface area (Å²) in [5.74, 6) is 0.750. The van der Waals surface area contributed by atoms with E-state index >= 15 is 0 Å². The summed E-state index contributed by atoms with van der Waals surface area (Å²) in [5.41, 5.74) is 2.14. The van der Waals surface area contributed by atoms with Crippen molar-refractivity contribution >= 4 is 40.3 Å². The average Bonchev–Trinajstić information content (AvgIpc) is 2.93. The molecule has 0 radical (unpaired) electrons. The van der Waals surface area contributed by atoms with Crippen molar-refractivity contribution in [3.63, 3.8) is 0 Å². The number of nitrogens with zero attached hydrogens (tertiary/aromatic N) is 1. The number of thiocarbonyl (C=S) groups is 1. The minimum absolute atomic E-state index is 0.0251. The number of carbonyl (C=O) groups is 1. The lowest BCUT2D eigenvalue weighted by molar-refractivity contribution is -0.122. The first-order valence-corrected chi connectivity index (χ1v) is 9.53. The van der Waals surface area contributed by atoms with Crippen molar-refractivity contribution < 1.29 is 9.53 Å². The highest BCUT2D eigenvalue weighted by Crippen LogP contribution is 2.32. The zero-order chi connectivity index (χ0) is 18.4. The van der Waals surface area contributed by atoms with Gasteiger partial charge < -0.3 is 4.74 Å². The van der Waals surface area contributed by atoms with E-state index in [-0.39, 0.29) is 5.91 Å². The molecule has 3 nitrogen and oxygen atoms in total. The van der Waals surface area contributed by atoms with Gasteiger partial charge in [-0.05, 0) is 35.8 Å². The Morgan fingerprint density at radius 3 is 2.54 bits per heavy atom. The summed E-state index contributed by atoms with van der Waals surface area (Å²) in [6.45, 7) is 4.70. The van der Waals surface area contributed by atoms with Crippen LogP contribution in [0.4, 0.5) is 0 Å². The predicted molar refractivity (Wildman–Crippen MR) is 112 cm³/mol. The first-order valence-electron chi connectivity index (χ1n) is 8.30. The summed E-state index contributed by atoms with van der Waals surface area (Å²) in [6, 6.07) is 17.7. The van der Waals surface area contributed by atoms with Crippen LogP contribution in [-0.4, -0.2) is 28.3 Å². The van der Waals surface area contributed by atoms with Crippen LogP contribution in [-0.2, 0) is 11.2 Å². The van der Waals surface area contributed by atoms with Crippen LogP contribution in [0.1, 0.15) is 11.1 Å². The molecule has 1 aliphatic rings. The van der Waals surface area contributed by atoms with Gasteiger partial charge in [-0.2, -0.15) is 0 Å². The van der Waals surface area contributed by atoms with Gasteiger partial charge >= 0.3 is 0 Å². The van der Waals surface area contributed by atoms with Crippen LogP contribution < -0.4 is 4.74 Å². The molecule has 1 amide bonds. The smallest absolute Gasteiger partial charge is 0.266 e. The van der Waals surface area contributed by atoms with Crippen LogP contribution in [0, 0.1) is 0 Å². The van der Waals surface area contributed by atoms with Gasteiger partial charge in [-0.1, -0.05) is 79.1 Å². The molecule has 2 aromatic rings. The van der Waals surface area contributed by atoms with Gasteiger partial charge in [0.25, 0.3) is 5.91 Å². The van der Waals surface area contributed by atoms with Crippen molar-refractivity contribution in [3.8, 4) is 5.75 Å². The van der Waals surface area contributed by atoms with Gasteiger partial charge in [0.05, 0.1) is 4.91 Å². The van der Waals surface area contributed by atoms with Crippen LogP contribution in [0.15, 0.2) is 72.2 Å². The molecule has 0 N–H and O–H groups in total. The number of amides is 1. The molecule has 0 unspecified atom stereocenters. The fourth-order valence-corrected chi connectivity index (χ4v) is 3.85. The molecular weight excluding hydrogens is 362 g/mol. The minimum Gasteiger partial charge on any atom is -0.490 e. The van der Waals surface area contributed by atoms with Crippen molar-refractivity contribution in [1.82, 2.24) is 4.90 Å². The highest BCUT2D eigenvalue weighted by Gasteiger charge is 2.31. The quantitative estimate of drug-likeness (QED) is 0.395. The molecule has 3 rings (SSSR count). The summed E-state index contributed by atoms with van der Waals surface area (Å²) in [6.07, 6.45) is 4.36. The summed E-state index contributed by atoms with van der Waals surface area (Å²) in [5, 5.41) is 0. The monoisotopic (exact) mass is 381 g/mol. The van der Waals surface area contributed by atoms with Gasteiger partial charge in [0.2, 0.25) is 0 Å². The maximum atomic E-state index is 12.7. The molecule has 5 heteroatoms. The van der Waals surface area contributed by atoms with E-state index in [1.165, 1.54) is 17.3 Å². The van der Waals surface area contributed by atoms with Crippen LogP contribution in [0.5, 0.6) is 5.75 Å². The van der Waals surface area contributed by atoms with Crippen molar-refractivity contribution in [2.24, 2.45) is 0 Å². The first kappa shape index (κ1) is 18.4. The van der Waals surface area contributed by atoms with Gasteiger partial charge in [-0.25, -0.2) is 0 Å². The lowest BCUT2D eigenvalue weighted by atomic mass is 10.1. The van der Waals surface area contributed by atoms with Gasteiger partial charge in [0.15, 0.2) is 0 Å². The summed E-state index contributed by atoms with van der Waals surface area (Å²) in [4.78, 5) is 15.0. The largest absolute Gasteiger partial charge is 0.490 e. The molecule has 1 aliphatic heterocycles. The molecule has 1 heterocycles. The minimum atomic E-state index is -0.0251. The van der Waals surface area contributed by atoms with E-state index in [4.69, 9.17) is 17.0 Å². The number of thioether (sulfide) groups is 1. The Bertz CT molecular complexity index is 829. The molecule has 0 saturated carbocycles. The Kier molecular flexibility index (Phi) is 6.26. The zero-order valence-electron chi connectivity index (χ0n) is 14.3. The number of carbonyl (C=O) groups excluding carboxylic acids is 1. The van der Waals surface area contributed by atoms with Crippen LogP contribution >= 0.6 is 24.0 Å². The third-order valence-corrected chi connectivity index (χ3v) is 5.26. The molecular formula is C21H19NO2S2. The average molecular weight is 382 g/mol. The van der Waals surface area contributed by atoms with Gasteiger partial charge in [-0.15, -0.1) is 0 Å². The highest BCUT2D eigenvalue weighted by atomic mass is 32.2.